The molecule has 84 valence electrons. The molecule has 0 aliphatic carbocycles. The topological polar surface area (TPSA) is 55.8 Å². The second-order valence-corrected chi connectivity index (χ2v) is 4.70. The van der Waals surface area contributed by atoms with E-state index in [-0.39, 0.29) is 18.8 Å². The van der Waals surface area contributed by atoms with E-state index in [1.807, 2.05) is 20.8 Å². The van der Waals surface area contributed by atoms with Gasteiger partial charge in [-0.2, -0.15) is 0 Å². The van der Waals surface area contributed by atoms with Crippen LogP contribution in [0.2, 0.25) is 0 Å². The minimum atomic E-state index is -0.970. The molecule has 0 aromatic carbocycles. The van der Waals surface area contributed by atoms with E-state index >= 15 is 0 Å². The molecule has 0 saturated heterocycles. The first-order chi connectivity index (χ1) is 6.21. The second kappa shape index (κ2) is 4.75. The number of methoxy groups -OCH3 is 1. The Kier molecular flexibility index (Phi) is 4.55. The van der Waals surface area contributed by atoms with Crippen LogP contribution in [0.5, 0.6) is 0 Å². The number of ether oxygens (including phenoxy) is 2. The zero-order valence-corrected chi connectivity index (χ0v) is 9.59. The molecule has 1 atom stereocenters. The zero-order chi connectivity index (χ0) is 11.4. The first kappa shape index (κ1) is 13.4. The third-order valence-corrected chi connectivity index (χ3v) is 1.80. The third-order valence-electron chi connectivity index (χ3n) is 1.80. The van der Waals surface area contributed by atoms with Crippen LogP contribution in [0.4, 0.5) is 0 Å². The normalized spacial score (nSPS) is 16.4. The number of carboxylic acids is 1. The number of carboxylic acid groups (broad SMARTS) is 1. The van der Waals surface area contributed by atoms with Crippen molar-refractivity contribution in [2.24, 2.45) is 5.41 Å². The lowest BCUT2D eigenvalue weighted by atomic mass is 9.93. The Hall–Kier alpha value is -0.610. The second-order valence-electron chi connectivity index (χ2n) is 4.70. The van der Waals surface area contributed by atoms with Gasteiger partial charge in [-0.3, -0.25) is 4.79 Å². The average molecular weight is 204 g/mol. The summed E-state index contributed by atoms with van der Waals surface area (Å²) < 4.78 is 10.3. The minimum absolute atomic E-state index is 0.151. The Morgan fingerprint density at radius 1 is 1.21 bits per heavy atom. The third kappa shape index (κ3) is 4.58. The molecule has 4 nitrogen and oxygen atoms in total. The lowest BCUT2D eigenvalue weighted by molar-refractivity contribution is -0.159. The fraction of sp³-hybridized carbons (Fsp3) is 0.900. The number of carbonyl (C=O) groups is 1. The van der Waals surface area contributed by atoms with E-state index < -0.39 is 11.4 Å². The Balaban J connectivity index is 4.31. The summed E-state index contributed by atoms with van der Waals surface area (Å²) in [6, 6.07) is 0. The van der Waals surface area contributed by atoms with E-state index in [1.165, 1.54) is 7.11 Å². The van der Waals surface area contributed by atoms with Crippen LogP contribution in [-0.2, 0) is 14.3 Å². The van der Waals surface area contributed by atoms with E-state index in [0.29, 0.717) is 0 Å². The summed E-state index contributed by atoms with van der Waals surface area (Å²) in [7, 11) is 1.48. The molecule has 4 heteroatoms. The van der Waals surface area contributed by atoms with Crippen LogP contribution in [0.3, 0.4) is 0 Å². The molecule has 0 rings (SSSR count). The van der Waals surface area contributed by atoms with Crippen molar-refractivity contribution in [3.05, 3.63) is 0 Å². The molecule has 0 aliphatic rings. The quantitative estimate of drug-likeness (QED) is 0.738. The smallest absolute Gasteiger partial charge is 0.314 e. The summed E-state index contributed by atoms with van der Waals surface area (Å²) in [6.07, 6.45) is 0. The summed E-state index contributed by atoms with van der Waals surface area (Å²) in [5, 5.41) is 9.00. The van der Waals surface area contributed by atoms with Gasteiger partial charge in [0, 0.05) is 7.11 Å². The van der Waals surface area contributed by atoms with E-state index in [9.17, 15) is 4.79 Å². The van der Waals surface area contributed by atoms with Crippen molar-refractivity contribution in [1.82, 2.24) is 0 Å². The van der Waals surface area contributed by atoms with Gasteiger partial charge >= 0.3 is 5.97 Å². The van der Waals surface area contributed by atoms with Crippen LogP contribution in [0.15, 0.2) is 0 Å². The predicted octanol–water partition coefficient (Wildman–Crippen LogP) is 1.54. The SMILES string of the molecule is COCC(C)(COC(C)(C)C)C(=O)O. The number of aliphatic carboxylic acids is 1. The molecule has 1 unspecified atom stereocenters. The highest BCUT2D eigenvalue weighted by atomic mass is 16.5. The van der Waals surface area contributed by atoms with Crippen LogP contribution in [0.25, 0.3) is 0 Å². The van der Waals surface area contributed by atoms with Gasteiger partial charge in [-0.1, -0.05) is 0 Å². The van der Waals surface area contributed by atoms with Gasteiger partial charge in [-0.25, -0.2) is 0 Å². The molecule has 0 aromatic rings. The molecular formula is C10H20O4. The molecule has 0 amide bonds. The summed E-state index contributed by atoms with van der Waals surface area (Å²) in [5.74, 6) is -0.899. The largest absolute Gasteiger partial charge is 0.481 e. The van der Waals surface area contributed by atoms with E-state index in [1.54, 1.807) is 6.92 Å². The Morgan fingerprint density at radius 2 is 1.71 bits per heavy atom. The van der Waals surface area contributed by atoms with Crippen LogP contribution in [0, 0.1) is 5.41 Å². The van der Waals surface area contributed by atoms with Crippen molar-refractivity contribution >= 4 is 5.97 Å². The van der Waals surface area contributed by atoms with Gasteiger partial charge in [0.1, 0.15) is 5.41 Å². The number of hydrogen-bond acceptors (Lipinski definition) is 3. The Bertz CT molecular complexity index is 195. The molecule has 0 fully saturated rings. The average Bonchev–Trinajstić information content (AvgIpc) is 2.00. The fourth-order valence-electron chi connectivity index (χ4n) is 0.860. The first-order valence-electron chi connectivity index (χ1n) is 4.57. The Labute approximate surface area is 85.2 Å². The molecule has 1 N–H and O–H groups in total. The van der Waals surface area contributed by atoms with Gasteiger partial charge in [0.2, 0.25) is 0 Å². The van der Waals surface area contributed by atoms with Crippen molar-refractivity contribution in [3.8, 4) is 0 Å². The van der Waals surface area contributed by atoms with Gasteiger partial charge in [0.05, 0.1) is 18.8 Å². The van der Waals surface area contributed by atoms with Crippen LogP contribution >= 0.6 is 0 Å². The van der Waals surface area contributed by atoms with E-state index in [2.05, 4.69) is 0 Å². The lowest BCUT2D eigenvalue weighted by Crippen LogP contribution is -2.39. The van der Waals surface area contributed by atoms with Gasteiger partial charge in [-0.05, 0) is 27.7 Å². The van der Waals surface area contributed by atoms with Crippen LogP contribution in [-0.4, -0.2) is 37.0 Å². The number of rotatable bonds is 5. The van der Waals surface area contributed by atoms with E-state index in [4.69, 9.17) is 14.6 Å². The highest BCUT2D eigenvalue weighted by Crippen LogP contribution is 2.21. The lowest BCUT2D eigenvalue weighted by Gasteiger charge is -2.28. The highest BCUT2D eigenvalue weighted by molar-refractivity contribution is 5.74. The van der Waals surface area contributed by atoms with Crippen LogP contribution in [0.1, 0.15) is 27.7 Å². The van der Waals surface area contributed by atoms with Crippen LogP contribution < -0.4 is 0 Å². The molecule has 0 radical (unpaired) electrons. The van der Waals surface area contributed by atoms with Crippen molar-refractivity contribution < 1.29 is 19.4 Å². The van der Waals surface area contributed by atoms with Gasteiger partial charge in [-0.15, -0.1) is 0 Å². The summed E-state index contributed by atoms with van der Waals surface area (Å²) in [4.78, 5) is 11.0. The van der Waals surface area contributed by atoms with Gasteiger partial charge in [0.25, 0.3) is 0 Å². The molecule has 0 saturated carbocycles. The molecular weight excluding hydrogens is 184 g/mol. The molecule has 0 spiro atoms. The van der Waals surface area contributed by atoms with E-state index in [0.717, 1.165) is 0 Å². The summed E-state index contributed by atoms with van der Waals surface area (Å²) in [5.41, 5.74) is -1.30. The predicted molar refractivity (Wildman–Crippen MR) is 53.3 cm³/mol. The van der Waals surface area contributed by atoms with Crippen molar-refractivity contribution in [3.63, 3.8) is 0 Å². The van der Waals surface area contributed by atoms with Gasteiger partial charge in [0.15, 0.2) is 0 Å². The first-order valence-corrected chi connectivity index (χ1v) is 4.57. The molecule has 0 heterocycles. The van der Waals surface area contributed by atoms with Crippen molar-refractivity contribution in [2.45, 2.75) is 33.3 Å². The zero-order valence-electron chi connectivity index (χ0n) is 9.59. The molecule has 0 aliphatic heterocycles. The highest BCUT2D eigenvalue weighted by Gasteiger charge is 2.35. The molecule has 0 aromatic heterocycles. The molecule has 0 bridgehead atoms. The van der Waals surface area contributed by atoms with Crippen molar-refractivity contribution in [1.29, 1.82) is 0 Å². The number of hydrogen-bond donors (Lipinski definition) is 1. The Morgan fingerprint density at radius 3 is 2.00 bits per heavy atom. The maximum atomic E-state index is 11.0. The maximum Gasteiger partial charge on any atom is 0.314 e. The maximum absolute atomic E-state index is 11.0. The minimum Gasteiger partial charge on any atom is -0.481 e. The van der Waals surface area contributed by atoms with Crippen molar-refractivity contribution in [2.75, 3.05) is 20.3 Å². The van der Waals surface area contributed by atoms with Gasteiger partial charge < -0.3 is 14.6 Å². The monoisotopic (exact) mass is 204 g/mol. The molecule has 14 heavy (non-hydrogen) atoms. The standard InChI is InChI=1S/C10H20O4/c1-9(2,3)14-7-10(4,6-13-5)8(11)12/h6-7H2,1-5H3,(H,11,12). The fourth-order valence-corrected chi connectivity index (χ4v) is 0.860. The summed E-state index contributed by atoms with van der Waals surface area (Å²) in [6.45, 7) is 7.59. The summed E-state index contributed by atoms with van der Waals surface area (Å²) >= 11 is 0.